The number of hydrogen-bond acceptors (Lipinski definition) is 3. The van der Waals surface area contributed by atoms with E-state index in [0.717, 1.165) is 25.9 Å². The summed E-state index contributed by atoms with van der Waals surface area (Å²) in [4.78, 5) is 2.51. The van der Waals surface area contributed by atoms with Crippen molar-refractivity contribution in [2.45, 2.75) is 57.6 Å². The van der Waals surface area contributed by atoms with Gasteiger partial charge in [0.2, 0.25) is 0 Å². The summed E-state index contributed by atoms with van der Waals surface area (Å²) in [6.07, 6.45) is 5.87. The third kappa shape index (κ3) is 4.96. The lowest BCUT2D eigenvalue weighted by molar-refractivity contribution is 0.0433. The second-order valence-electron chi connectivity index (χ2n) is 5.33. The molecule has 3 nitrogen and oxygen atoms in total. The Morgan fingerprint density at radius 3 is 2.73 bits per heavy atom. The molecule has 15 heavy (non-hydrogen) atoms. The molecule has 0 aliphatic carbocycles. The molecule has 1 atom stereocenters. The van der Waals surface area contributed by atoms with Gasteiger partial charge < -0.3 is 15.7 Å². The lowest BCUT2D eigenvalue weighted by Gasteiger charge is -2.36. The Kier molecular flexibility index (Phi) is 5.03. The molecule has 1 fully saturated rings. The van der Waals surface area contributed by atoms with E-state index in [9.17, 15) is 5.11 Å². The highest BCUT2D eigenvalue weighted by Gasteiger charge is 2.23. The number of nitrogens with zero attached hydrogens (tertiary/aromatic N) is 1. The van der Waals surface area contributed by atoms with Gasteiger partial charge in [0, 0.05) is 12.6 Å². The van der Waals surface area contributed by atoms with Gasteiger partial charge in [-0.1, -0.05) is 6.42 Å². The van der Waals surface area contributed by atoms with E-state index in [0.29, 0.717) is 6.04 Å². The maximum Gasteiger partial charge on any atom is 0.0603 e. The maximum absolute atomic E-state index is 9.71. The highest BCUT2D eigenvalue weighted by molar-refractivity contribution is 4.79. The molecule has 0 aromatic carbocycles. The van der Waals surface area contributed by atoms with Crippen molar-refractivity contribution in [1.29, 1.82) is 0 Å². The van der Waals surface area contributed by atoms with Crippen molar-refractivity contribution in [3.05, 3.63) is 0 Å². The zero-order valence-corrected chi connectivity index (χ0v) is 10.2. The first-order chi connectivity index (χ1) is 7.03. The Labute approximate surface area is 93.6 Å². The predicted molar refractivity (Wildman–Crippen MR) is 63.8 cm³/mol. The third-order valence-electron chi connectivity index (χ3n) is 3.26. The van der Waals surface area contributed by atoms with Gasteiger partial charge in [-0.2, -0.15) is 0 Å². The Balaban J connectivity index is 2.35. The van der Waals surface area contributed by atoms with Crippen LogP contribution in [-0.2, 0) is 0 Å². The van der Waals surface area contributed by atoms with E-state index < -0.39 is 5.60 Å². The van der Waals surface area contributed by atoms with E-state index in [1.807, 2.05) is 13.8 Å². The molecule has 1 heterocycles. The topological polar surface area (TPSA) is 49.5 Å². The molecule has 1 saturated heterocycles. The van der Waals surface area contributed by atoms with Crippen molar-refractivity contribution < 1.29 is 5.11 Å². The van der Waals surface area contributed by atoms with Gasteiger partial charge in [-0.15, -0.1) is 0 Å². The molecule has 0 radical (unpaired) electrons. The summed E-state index contributed by atoms with van der Waals surface area (Å²) in [6, 6.07) is 0.658. The number of rotatable bonds is 5. The quantitative estimate of drug-likeness (QED) is 0.726. The lowest BCUT2D eigenvalue weighted by Crippen LogP contribution is -2.42. The maximum atomic E-state index is 9.71. The summed E-state index contributed by atoms with van der Waals surface area (Å²) in [5, 5.41) is 9.71. The Hall–Kier alpha value is -0.120. The van der Waals surface area contributed by atoms with Crippen LogP contribution in [0.2, 0.25) is 0 Å². The van der Waals surface area contributed by atoms with Crippen molar-refractivity contribution in [3.8, 4) is 0 Å². The molecule has 3 N–H and O–H groups in total. The van der Waals surface area contributed by atoms with Crippen LogP contribution in [0, 0.1) is 0 Å². The highest BCUT2D eigenvalue weighted by Crippen LogP contribution is 2.20. The minimum Gasteiger partial charge on any atom is -0.390 e. The van der Waals surface area contributed by atoms with Gasteiger partial charge in [-0.25, -0.2) is 0 Å². The first-order valence-corrected chi connectivity index (χ1v) is 6.19. The van der Waals surface area contributed by atoms with Crippen LogP contribution >= 0.6 is 0 Å². The van der Waals surface area contributed by atoms with E-state index in [1.54, 1.807) is 0 Å². The van der Waals surface area contributed by atoms with Crippen LogP contribution < -0.4 is 5.73 Å². The molecule has 3 heteroatoms. The fourth-order valence-corrected chi connectivity index (χ4v) is 2.29. The van der Waals surface area contributed by atoms with Crippen LogP contribution in [0.3, 0.4) is 0 Å². The standard InChI is InChI=1S/C12H26N2O/c1-12(2,15)7-10-14-9-4-3-5-11(14)6-8-13/h11,15H,3-10,13H2,1-2H3. The zero-order valence-electron chi connectivity index (χ0n) is 10.2. The smallest absolute Gasteiger partial charge is 0.0603 e. The molecule has 0 bridgehead atoms. The molecule has 1 unspecified atom stereocenters. The van der Waals surface area contributed by atoms with E-state index in [1.165, 1.54) is 25.8 Å². The van der Waals surface area contributed by atoms with Gasteiger partial charge in [0.05, 0.1) is 5.60 Å². The van der Waals surface area contributed by atoms with Crippen molar-refractivity contribution in [2.75, 3.05) is 19.6 Å². The monoisotopic (exact) mass is 214 g/mol. The van der Waals surface area contributed by atoms with Crippen molar-refractivity contribution >= 4 is 0 Å². The molecule has 1 aliphatic rings. The van der Waals surface area contributed by atoms with Crippen LogP contribution in [0.25, 0.3) is 0 Å². The van der Waals surface area contributed by atoms with Crippen LogP contribution in [0.1, 0.15) is 46.0 Å². The van der Waals surface area contributed by atoms with Crippen LogP contribution in [0.5, 0.6) is 0 Å². The van der Waals surface area contributed by atoms with Gasteiger partial charge in [0.1, 0.15) is 0 Å². The summed E-state index contributed by atoms with van der Waals surface area (Å²) in [5.41, 5.74) is 5.09. The van der Waals surface area contributed by atoms with Gasteiger partial charge in [-0.05, 0) is 52.6 Å². The zero-order chi connectivity index (χ0) is 11.3. The van der Waals surface area contributed by atoms with Gasteiger partial charge >= 0.3 is 0 Å². The first-order valence-electron chi connectivity index (χ1n) is 6.19. The van der Waals surface area contributed by atoms with Crippen molar-refractivity contribution in [2.24, 2.45) is 5.73 Å². The molecule has 1 aliphatic heterocycles. The largest absolute Gasteiger partial charge is 0.390 e. The fraction of sp³-hybridized carbons (Fsp3) is 1.00. The number of hydrogen-bond donors (Lipinski definition) is 2. The van der Waals surface area contributed by atoms with E-state index >= 15 is 0 Å². The van der Waals surface area contributed by atoms with Crippen LogP contribution in [-0.4, -0.2) is 41.3 Å². The summed E-state index contributed by atoms with van der Waals surface area (Å²) in [6.45, 7) is 6.74. The molecular weight excluding hydrogens is 188 g/mol. The van der Waals surface area contributed by atoms with Crippen molar-refractivity contribution in [3.63, 3.8) is 0 Å². The van der Waals surface area contributed by atoms with Gasteiger partial charge in [0.25, 0.3) is 0 Å². The predicted octanol–water partition coefficient (Wildman–Crippen LogP) is 1.35. The van der Waals surface area contributed by atoms with Gasteiger partial charge in [-0.3, -0.25) is 0 Å². The molecule has 0 aromatic rings. The molecule has 90 valence electrons. The lowest BCUT2D eigenvalue weighted by atomic mass is 9.97. The normalized spacial score (nSPS) is 24.4. The van der Waals surface area contributed by atoms with Gasteiger partial charge in [0.15, 0.2) is 0 Å². The fourth-order valence-electron chi connectivity index (χ4n) is 2.29. The van der Waals surface area contributed by atoms with E-state index in [2.05, 4.69) is 4.90 Å². The Morgan fingerprint density at radius 2 is 2.13 bits per heavy atom. The molecule has 0 saturated carbocycles. The number of piperidine rings is 1. The third-order valence-corrected chi connectivity index (χ3v) is 3.26. The Bertz CT molecular complexity index is 175. The van der Waals surface area contributed by atoms with Crippen LogP contribution in [0.4, 0.5) is 0 Å². The first kappa shape index (κ1) is 12.9. The number of likely N-dealkylation sites (tertiary alicyclic amines) is 1. The summed E-state index contributed by atoms with van der Waals surface area (Å²) in [7, 11) is 0. The SMILES string of the molecule is CC(C)(O)CCN1CCCCC1CCN. The minimum absolute atomic E-state index is 0.537. The van der Waals surface area contributed by atoms with E-state index in [4.69, 9.17) is 5.73 Å². The second-order valence-corrected chi connectivity index (χ2v) is 5.33. The summed E-state index contributed by atoms with van der Waals surface area (Å²) < 4.78 is 0. The molecule has 1 rings (SSSR count). The molecule has 0 amide bonds. The average molecular weight is 214 g/mol. The second kappa shape index (κ2) is 5.83. The van der Waals surface area contributed by atoms with E-state index in [-0.39, 0.29) is 0 Å². The highest BCUT2D eigenvalue weighted by atomic mass is 16.3. The van der Waals surface area contributed by atoms with Crippen LogP contribution in [0.15, 0.2) is 0 Å². The summed E-state index contributed by atoms with van der Waals surface area (Å²) in [5.74, 6) is 0. The number of nitrogens with two attached hydrogens (primary N) is 1. The minimum atomic E-state index is -0.537. The molecule has 0 aromatic heterocycles. The number of aliphatic hydroxyl groups is 1. The van der Waals surface area contributed by atoms with Crippen molar-refractivity contribution in [1.82, 2.24) is 4.90 Å². The molecule has 0 spiro atoms. The summed E-state index contributed by atoms with van der Waals surface area (Å²) >= 11 is 0. The Morgan fingerprint density at radius 1 is 1.40 bits per heavy atom. The molecular formula is C12H26N2O. The average Bonchev–Trinajstić information content (AvgIpc) is 2.16.